The van der Waals surface area contributed by atoms with Crippen LogP contribution in [0.3, 0.4) is 0 Å². The molecule has 0 spiro atoms. The summed E-state index contributed by atoms with van der Waals surface area (Å²) < 4.78 is 5.54. The summed E-state index contributed by atoms with van der Waals surface area (Å²) in [6, 6.07) is 8.17. The van der Waals surface area contributed by atoms with Gasteiger partial charge in [0.25, 0.3) is 0 Å². The lowest BCUT2D eigenvalue weighted by atomic mass is 9.63. The second kappa shape index (κ2) is 6.31. The van der Waals surface area contributed by atoms with E-state index in [0.717, 1.165) is 43.4 Å². The van der Waals surface area contributed by atoms with Gasteiger partial charge in [-0.25, -0.2) is 0 Å². The van der Waals surface area contributed by atoms with E-state index in [1.807, 2.05) is 24.3 Å². The van der Waals surface area contributed by atoms with Crippen molar-refractivity contribution in [2.45, 2.75) is 82.3 Å². The van der Waals surface area contributed by atoms with Gasteiger partial charge in [-0.1, -0.05) is 24.6 Å². The van der Waals surface area contributed by atoms with Crippen molar-refractivity contribution >= 4 is 5.91 Å². The second-order valence-electron chi connectivity index (χ2n) is 9.11. The van der Waals surface area contributed by atoms with Crippen molar-refractivity contribution in [3.63, 3.8) is 0 Å². The first kappa shape index (κ1) is 18.2. The Morgan fingerprint density at radius 1 is 1.12 bits per heavy atom. The molecule has 4 nitrogen and oxygen atoms in total. The summed E-state index contributed by atoms with van der Waals surface area (Å²) in [5, 5.41) is 7.07. The Balaban J connectivity index is 1.82. The van der Waals surface area contributed by atoms with Gasteiger partial charge < -0.3 is 15.4 Å². The Morgan fingerprint density at radius 3 is 2.24 bits per heavy atom. The highest BCUT2D eigenvalue weighted by Crippen LogP contribution is 2.47. The van der Waals surface area contributed by atoms with Gasteiger partial charge in [-0.2, -0.15) is 0 Å². The fraction of sp³-hybridized carbons (Fsp3) is 0.667. The standard InChI is InChI=1S/C21H32N2O2/c1-19(2)13-15(14-20(3,4)23-19)22-18(24)21(11-8-12-21)16-9-6-7-10-17(16)25-5/h6-7,9-10,15,23H,8,11-14H2,1-5H3,(H,22,24). The predicted octanol–water partition coefficient (Wildman–Crippen LogP) is 3.54. The smallest absolute Gasteiger partial charge is 0.231 e. The molecule has 0 unspecified atom stereocenters. The molecule has 1 saturated carbocycles. The van der Waals surface area contributed by atoms with Crippen molar-refractivity contribution in [1.29, 1.82) is 0 Å². The van der Waals surface area contributed by atoms with Crippen LogP contribution in [0.4, 0.5) is 0 Å². The highest BCUT2D eigenvalue weighted by atomic mass is 16.5. The lowest BCUT2D eigenvalue weighted by molar-refractivity contribution is -0.131. The summed E-state index contributed by atoms with van der Waals surface area (Å²) in [4.78, 5) is 13.3. The Morgan fingerprint density at radius 2 is 1.72 bits per heavy atom. The zero-order valence-electron chi connectivity index (χ0n) is 16.2. The summed E-state index contributed by atoms with van der Waals surface area (Å²) in [6.45, 7) is 8.86. The normalized spacial score (nSPS) is 24.2. The van der Waals surface area contributed by atoms with Gasteiger partial charge >= 0.3 is 0 Å². The van der Waals surface area contributed by atoms with Crippen LogP contribution in [-0.4, -0.2) is 30.1 Å². The van der Waals surface area contributed by atoms with Crippen molar-refractivity contribution in [2.24, 2.45) is 0 Å². The maximum absolute atomic E-state index is 13.3. The number of carbonyl (C=O) groups is 1. The van der Waals surface area contributed by atoms with Crippen LogP contribution >= 0.6 is 0 Å². The van der Waals surface area contributed by atoms with Crippen LogP contribution in [0.5, 0.6) is 5.75 Å². The first-order valence-corrected chi connectivity index (χ1v) is 9.41. The molecule has 1 aromatic rings. The first-order chi connectivity index (χ1) is 11.7. The van der Waals surface area contributed by atoms with E-state index in [-0.39, 0.29) is 23.0 Å². The van der Waals surface area contributed by atoms with E-state index in [4.69, 9.17) is 4.74 Å². The van der Waals surface area contributed by atoms with Gasteiger partial charge in [0, 0.05) is 22.7 Å². The number of hydrogen-bond donors (Lipinski definition) is 2. The summed E-state index contributed by atoms with van der Waals surface area (Å²) in [5.41, 5.74) is 0.660. The second-order valence-corrected chi connectivity index (χ2v) is 9.11. The number of nitrogens with one attached hydrogen (secondary N) is 2. The molecule has 1 saturated heterocycles. The van der Waals surface area contributed by atoms with Crippen molar-refractivity contribution in [3.05, 3.63) is 29.8 Å². The van der Waals surface area contributed by atoms with E-state index in [1.54, 1.807) is 7.11 Å². The minimum absolute atomic E-state index is 0.0247. The number of carbonyl (C=O) groups excluding carboxylic acids is 1. The van der Waals surface area contributed by atoms with Gasteiger partial charge in [-0.3, -0.25) is 4.79 Å². The van der Waals surface area contributed by atoms with Crippen LogP contribution in [0.25, 0.3) is 0 Å². The highest BCUT2D eigenvalue weighted by molar-refractivity contribution is 5.90. The van der Waals surface area contributed by atoms with Gasteiger partial charge in [0.1, 0.15) is 5.75 Å². The highest BCUT2D eigenvalue weighted by Gasteiger charge is 2.48. The molecular weight excluding hydrogens is 312 g/mol. The molecule has 1 aromatic carbocycles. The van der Waals surface area contributed by atoms with Gasteiger partial charge in [0.05, 0.1) is 12.5 Å². The van der Waals surface area contributed by atoms with E-state index in [9.17, 15) is 4.79 Å². The Labute approximate surface area is 151 Å². The molecule has 25 heavy (non-hydrogen) atoms. The number of ether oxygens (including phenoxy) is 1. The number of amides is 1. The van der Waals surface area contributed by atoms with Gasteiger partial charge in [-0.05, 0) is 59.4 Å². The number of hydrogen-bond acceptors (Lipinski definition) is 3. The Bertz CT molecular complexity index is 631. The molecule has 2 N–H and O–H groups in total. The van der Waals surface area contributed by atoms with Crippen LogP contribution in [0.15, 0.2) is 24.3 Å². The molecule has 0 aromatic heterocycles. The molecule has 0 radical (unpaired) electrons. The van der Waals surface area contributed by atoms with E-state index >= 15 is 0 Å². The molecule has 0 bridgehead atoms. The van der Waals surface area contributed by atoms with Crippen molar-refractivity contribution in [2.75, 3.05) is 7.11 Å². The molecule has 1 amide bonds. The number of piperidine rings is 1. The van der Waals surface area contributed by atoms with Gasteiger partial charge in [0.15, 0.2) is 0 Å². The van der Waals surface area contributed by atoms with Crippen LogP contribution in [0, 0.1) is 0 Å². The topological polar surface area (TPSA) is 50.4 Å². The monoisotopic (exact) mass is 344 g/mol. The lowest BCUT2D eigenvalue weighted by Gasteiger charge is -2.48. The first-order valence-electron chi connectivity index (χ1n) is 9.41. The molecule has 138 valence electrons. The molecular formula is C21H32N2O2. The number of methoxy groups -OCH3 is 1. The Hall–Kier alpha value is -1.55. The SMILES string of the molecule is COc1ccccc1C1(C(=O)NC2CC(C)(C)NC(C)(C)C2)CCC1. The van der Waals surface area contributed by atoms with E-state index < -0.39 is 5.41 Å². The molecule has 0 atom stereocenters. The third kappa shape index (κ3) is 3.55. The molecule has 4 heteroatoms. The Kier molecular flexibility index (Phi) is 4.61. The lowest BCUT2D eigenvalue weighted by Crippen LogP contribution is -2.63. The number of para-hydroxylation sites is 1. The van der Waals surface area contributed by atoms with Crippen molar-refractivity contribution in [3.8, 4) is 5.75 Å². The van der Waals surface area contributed by atoms with Crippen LogP contribution < -0.4 is 15.4 Å². The summed E-state index contributed by atoms with van der Waals surface area (Å²) in [6.07, 6.45) is 4.79. The fourth-order valence-electron chi connectivity index (χ4n) is 4.94. The minimum atomic E-state index is -0.425. The quantitative estimate of drug-likeness (QED) is 0.878. The van der Waals surface area contributed by atoms with E-state index in [1.165, 1.54) is 0 Å². The average molecular weight is 344 g/mol. The van der Waals surface area contributed by atoms with Crippen LogP contribution in [-0.2, 0) is 10.2 Å². The fourth-order valence-corrected chi connectivity index (χ4v) is 4.94. The summed E-state index contributed by atoms with van der Waals surface area (Å²) in [5.74, 6) is 0.991. The molecule has 1 aliphatic heterocycles. The average Bonchev–Trinajstić information content (AvgIpc) is 2.43. The van der Waals surface area contributed by atoms with E-state index in [0.29, 0.717) is 0 Å². The maximum atomic E-state index is 13.3. The largest absolute Gasteiger partial charge is 0.496 e. The number of rotatable bonds is 4. The predicted molar refractivity (Wildman–Crippen MR) is 101 cm³/mol. The maximum Gasteiger partial charge on any atom is 0.231 e. The van der Waals surface area contributed by atoms with E-state index in [2.05, 4.69) is 38.3 Å². The summed E-state index contributed by atoms with van der Waals surface area (Å²) >= 11 is 0. The number of benzene rings is 1. The summed E-state index contributed by atoms with van der Waals surface area (Å²) in [7, 11) is 1.68. The van der Waals surface area contributed by atoms with Gasteiger partial charge in [0.2, 0.25) is 5.91 Å². The van der Waals surface area contributed by atoms with Gasteiger partial charge in [-0.15, -0.1) is 0 Å². The van der Waals surface area contributed by atoms with Crippen molar-refractivity contribution < 1.29 is 9.53 Å². The zero-order valence-corrected chi connectivity index (χ0v) is 16.2. The molecule has 2 fully saturated rings. The molecule has 1 aliphatic carbocycles. The molecule has 1 heterocycles. The van der Waals surface area contributed by atoms with Crippen LogP contribution in [0.2, 0.25) is 0 Å². The molecule has 3 rings (SSSR count). The molecule has 2 aliphatic rings. The van der Waals surface area contributed by atoms with Crippen LogP contribution in [0.1, 0.15) is 65.4 Å². The van der Waals surface area contributed by atoms with Crippen molar-refractivity contribution in [1.82, 2.24) is 10.6 Å². The minimum Gasteiger partial charge on any atom is -0.496 e. The third-order valence-electron chi connectivity index (χ3n) is 5.79. The zero-order chi connectivity index (χ0) is 18.3. The third-order valence-corrected chi connectivity index (χ3v) is 5.79.